The molecule has 2 aliphatic heterocycles. The molecule has 3 atom stereocenters. The second-order valence-corrected chi connectivity index (χ2v) is 8.98. The van der Waals surface area contributed by atoms with E-state index in [1.54, 1.807) is 0 Å². The summed E-state index contributed by atoms with van der Waals surface area (Å²) in [4.78, 5) is 32.0. The molecule has 2 aromatic rings. The number of hydrogen-bond donors (Lipinski definition) is 3. The molecule has 0 saturated carbocycles. The zero-order valence-electron chi connectivity index (χ0n) is 17.3. The van der Waals surface area contributed by atoms with Gasteiger partial charge in [-0.1, -0.05) is 26.0 Å². The minimum absolute atomic E-state index is 0.00437. The number of para-hydroxylation sites is 1. The SMILES string of the molecule is CC(C)CC[C@]1(C(=O)NCCO)C[C@H]2CC[C@@H]1N2C(=O)c1cccc2cc[nH]c12. The Kier molecular flexibility index (Phi) is 5.38. The highest BCUT2D eigenvalue weighted by molar-refractivity contribution is 6.06. The third kappa shape index (κ3) is 3.33. The van der Waals surface area contributed by atoms with Crippen LogP contribution in [-0.4, -0.2) is 52.0 Å². The van der Waals surface area contributed by atoms with E-state index in [1.807, 2.05) is 35.4 Å². The summed E-state index contributed by atoms with van der Waals surface area (Å²) in [7, 11) is 0. The molecule has 2 amide bonds. The molecule has 2 bridgehead atoms. The number of H-pyrrole nitrogens is 1. The van der Waals surface area contributed by atoms with Crippen LogP contribution in [0, 0.1) is 11.3 Å². The average Bonchev–Trinajstić information content (AvgIpc) is 3.42. The first-order chi connectivity index (χ1) is 14.0. The molecule has 3 N–H and O–H groups in total. The van der Waals surface area contributed by atoms with Crippen molar-refractivity contribution in [2.24, 2.45) is 11.3 Å². The number of carbonyl (C=O) groups excluding carboxylic acids is 2. The quantitative estimate of drug-likeness (QED) is 0.671. The summed E-state index contributed by atoms with van der Waals surface area (Å²) in [5.74, 6) is 0.510. The van der Waals surface area contributed by atoms with Crippen LogP contribution in [0.1, 0.15) is 56.3 Å². The number of hydrogen-bond acceptors (Lipinski definition) is 3. The topological polar surface area (TPSA) is 85.4 Å². The number of aromatic nitrogens is 1. The van der Waals surface area contributed by atoms with Crippen molar-refractivity contribution in [3.8, 4) is 0 Å². The molecule has 6 heteroatoms. The predicted molar refractivity (Wildman–Crippen MR) is 112 cm³/mol. The van der Waals surface area contributed by atoms with Gasteiger partial charge in [0.05, 0.1) is 23.1 Å². The maximum absolute atomic E-state index is 13.6. The molecule has 0 spiro atoms. The minimum Gasteiger partial charge on any atom is -0.395 e. The second kappa shape index (κ2) is 7.82. The normalized spacial score (nSPS) is 25.9. The van der Waals surface area contributed by atoms with Crippen LogP contribution in [0.2, 0.25) is 0 Å². The molecule has 0 aliphatic carbocycles. The lowest BCUT2D eigenvalue weighted by Crippen LogP contribution is -2.50. The predicted octanol–water partition coefficient (Wildman–Crippen LogP) is 3.08. The highest BCUT2D eigenvalue weighted by Crippen LogP contribution is 2.53. The van der Waals surface area contributed by atoms with Gasteiger partial charge < -0.3 is 20.3 Å². The summed E-state index contributed by atoms with van der Waals surface area (Å²) >= 11 is 0. The maximum Gasteiger partial charge on any atom is 0.256 e. The molecule has 1 aromatic carbocycles. The Labute approximate surface area is 171 Å². The summed E-state index contributed by atoms with van der Waals surface area (Å²) < 4.78 is 0. The third-order valence-corrected chi connectivity index (χ3v) is 6.81. The van der Waals surface area contributed by atoms with Gasteiger partial charge in [0.1, 0.15) is 0 Å². The molecule has 4 rings (SSSR count). The Morgan fingerprint density at radius 3 is 2.90 bits per heavy atom. The van der Waals surface area contributed by atoms with Gasteiger partial charge in [0.15, 0.2) is 0 Å². The zero-order valence-corrected chi connectivity index (χ0v) is 17.3. The van der Waals surface area contributed by atoms with Gasteiger partial charge in [0.25, 0.3) is 5.91 Å². The van der Waals surface area contributed by atoms with Crippen LogP contribution in [0.3, 0.4) is 0 Å². The zero-order chi connectivity index (χ0) is 20.6. The van der Waals surface area contributed by atoms with Crippen LogP contribution in [0.5, 0.6) is 0 Å². The van der Waals surface area contributed by atoms with E-state index in [0.717, 1.165) is 36.6 Å². The third-order valence-electron chi connectivity index (χ3n) is 6.81. The summed E-state index contributed by atoms with van der Waals surface area (Å²) in [5, 5.41) is 13.1. The Bertz CT molecular complexity index is 906. The van der Waals surface area contributed by atoms with Crippen LogP contribution in [0.4, 0.5) is 0 Å². The van der Waals surface area contributed by atoms with E-state index in [2.05, 4.69) is 24.1 Å². The molecule has 2 fully saturated rings. The van der Waals surface area contributed by atoms with Gasteiger partial charge in [-0.2, -0.15) is 0 Å². The van der Waals surface area contributed by atoms with E-state index >= 15 is 0 Å². The van der Waals surface area contributed by atoms with Crippen molar-refractivity contribution in [3.05, 3.63) is 36.0 Å². The van der Waals surface area contributed by atoms with Gasteiger partial charge in [0.2, 0.25) is 5.91 Å². The van der Waals surface area contributed by atoms with Crippen molar-refractivity contribution in [2.45, 2.75) is 58.0 Å². The van der Waals surface area contributed by atoms with Crippen LogP contribution >= 0.6 is 0 Å². The van der Waals surface area contributed by atoms with Gasteiger partial charge in [0, 0.05) is 30.2 Å². The van der Waals surface area contributed by atoms with Crippen molar-refractivity contribution in [1.82, 2.24) is 15.2 Å². The number of carbonyl (C=O) groups is 2. The number of amides is 2. The lowest BCUT2D eigenvalue weighted by Gasteiger charge is -2.36. The highest BCUT2D eigenvalue weighted by atomic mass is 16.3. The molecule has 2 saturated heterocycles. The van der Waals surface area contributed by atoms with Crippen molar-refractivity contribution < 1.29 is 14.7 Å². The van der Waals surface area contributed by atoms with Crippen molar-refractivity contribution in [1.29, 1.82) is 0 Å². The van der Waals surface area contributed by atoms with Gasteiger partial charge in [-0.15, -0.1) is 0 Å². The van der Waals surface area contributed by atoms with Gasteiger partial charge >= 0.3 is 0 Å². The average molecular weight is 398 g/mol. The molecule has 6 nitrogen and oxygen atoms in total. The van der Waals surface area contributed by atoms with Crippen LogP contribution in [0.25, 0.3) is 10.9 Å². The van der Waals surface area contributed by atoms with Gasteiger partial charge in [-0.25, -0.2) is 0 Å². The maximum atomic E-state index is 13.6. The Hall–Kier alpha value is -2.34. The number of aliphatic hydroxyl groups excluding tert-OH is 1. The standard InChI is InChI=1S/C23H31N3O3/c1-15(2)8-10-23(22(29)25-12-13-27)14-17-6-7-19(23)26(17)21(28)18-5-3-4-16-9-11-24-20(16)18/h3-5,9,11,15,17,19,24,27H,6-8,10,12-14H2,1-2H3,(H,25,29)/t17-,19+,23+/m1/s1. The number of benzene rings is 1. The lowest BCUT2D eigenvalue weighted by atomic mass is 9.69. The van der Waals surface area contributed by atoms with E-state index in [0.29, 0.717) is 17.9 Å². The highest BCUT2D eigenvalue weighted by Gasteiger charge is 2.60. The minimum atomic E-state index is -0.554. The fourth-order valence-electron chi connectivity index (χ4n) is 5.41. The van der Waals surface area contributed by atoms with Crippen LogP contribution in [0.15, 0.2) is 30.5 Å². The van der Waals surface area contributed by atoms with Gasteiger partial charge in [-0.05, 0) is 50.2 Å². The Morgan fingerprint density at radius 1 is 1.31 bits per heavy atom. The number of aromatic amines is 1. The van der Waals surface area contributed by atoms with Crippen molar-refractivity contribution in [3.63, 3.8) is 0 Å². The molecular weight excluding hydrogens is 366 g/mol. The van der Waals surface area contributed by atoms with Gasteiger partial charge in [-0.3, -0.25) is 9.59 Å². The van der Waals surface area contributed by atoms with Crippen LogP contribution in [-0.2, 0) is 4.79 Å². The number of aliphatic hydroxyl groups is 1. The number of fused-ring (bicyclic) bond motifs is 3. The molecule has 2 aliphatic rings. The number of nitrogens with one attached hydrogen (secondary N) is 2. The molecule has 0 unspecified atom stereocenters. The number of nitrogens with zero attached hydrogens (tertiary/aromatic N) is 1. The Morgan fingerprint density at radius 2 is 2.14 bits per heavy atom. The molecule has 0 radical (unpaired) electrons. The smallest absolute Gasteiger partial charge is 0.256 e. The largest absolute Gasteiger partial charge is 0.395 e. The van der Waals surface area contributed by atoms with Crippen LogP contribution < -0.4 is 5.32 Å². The monoisotopic (exact) mass is 397 g/mol. The van der Waals surface area contributed by atoms with E-state index in [1.165, 1.54) is 0 Å². The molecule has 3 heterocycles. The van der Waals surface area contributed by atoms with E-state index in [9.17, 15) is 14.7 Å². The fraction of sp³-hybridized carbons (Fsp3) is 0.565. The molecule has 29 heavy (non-hydrogen) atoms. The van der Waals surface area contributed by atoms with E-state index in [-0.39, 0.29) is 37.0 Å². The van der Waals surface area contributed by atoms with E-state index < -0.39 is 5.41 Å². The van der Waals surface area contributed by atoms with Crippen molar-refractivity contribution in [2.75, 3.05) is 13.2 Å². The summed E-state index contributed by atoms with van der Waals surface area (Å²) in [6.45, 7) is 4.52. The summed E-state index contributed by atoms with van der Waals surface area (Å²) in [6, 6.07) is 7.78. The first-order valence-corrected chi connectivity index (χ1v) is 10.8. The molecule has 156 valence electrons. The second-order valence-electron chi connectivity index (χ2n) is 8.98. The fourth-order valence-corrected chi connectivity index (χ4v) is 5.41. The first-order valence-electron chi connectivity index (χ1n) is 10.8. The molecular formula is C23H31N3O3. The number of rotatable bonds is 7. The summed E-state index contributed by atoms with van der Waals surface area (Å²) in [5.41, 5.74) is 0.989. The first kappa shape index (κ1) is 20.0. The molecule has 1 aromatic heterocycles. The van der Waals surface area contributed by atoms with E-state index in [4.69, 9.17) is 0 Å². The van der Waals surface area contributed by atoms with Crippen molar-refractivity contribution >= 4 is 22.7 Å². The summed E-state index contributed by atoms with van der Waals surface area (Å²) in [6.07, 6.45) is 6.11. The lowest BCUT2D eigenvalue weighted by molar-refractivity contribution is -0.133. The Balaban J connectivity index is 1.66.